The van der Waals surface area contributed by atoms with E-state index >= 15 is 0 Å². The van der Waals surface area contributed by atoms with Gasteiger partial charge in [0.15, 0.2) is 5.60 Å². The average molecular weight is 272 g/mol. The minimum atomic E-state index is -0.549. The number of piperidine rings is 1. The maximum atomic E-state index is 12.0. The lowest BCUT2D eigenvalue weighted by atomic mass is 9.92. The normalized spacial score (nSPS) is 30.4. The van der Waals surface area contributed by atoms with Crippen LogP contribution in [0.1, 0.15) is 44.2 Å². The third kappa shape index (κ3) is 1.90. The molecule has 1 aromatic carbocycles. The van der Waals surface area contributed by atoms with Gasteiger partial charge >= 0.3 is 0 Å². The van der Waals surface area contributed by atoms with Gasteiger partial charge in [0.25, 0.3) is 5.91 Å². The van der Waals surface area contributed by atoms with E-state index in [1.807, 2.05) is 6.07 Å². The number of anilines is 1. The lowest BCUT2D eigenvalue weighted by Gasteiger charge is -2.30. The van der Waals surface area contributed by atoms with Gasteiger partial charge in [0.05, 0.1) is 5.69 Å². The van der Waals surface area contributed by atoms with Crippen LogP contribution in [-0.2, 0) is 4.79 Å². The summed E-state index contributed by atoms with van der Waals surface area (Å²) in [6.07, 6.45) is 4.07. The second-order valence-corrected chi connectivity index (χ2v) is 6.45. The lowest BCUT2D eigenvalue weighted by molar-refractivity contribution is -0.125. The van der Waals surface area contributed by atoms with Gasteiger partial charge in [-0.1, -0.05) is 13.0 Å². The van der Waals surface area contributed by atoms with Crippen molar-refractivity contribution >= 4 is 11.6 Å². The largest absolute Gasteiger partial charge is 0.475 e. The summed E-state index contributed by atoms with van der Waals surface area (Å²) < 4.78 is 5.87. The molecule has 1 saturated carbocycles. The highest BCUT2D eigenvalue weighted by molar-refractivity contribution is 6.02. The Balaban J connectivity index is 1.59. The van der Waals surface area contributed by atoms with Crippen LogP contribution in [0.15, 0.2) is 18.2 Å². The highest BCUT2D eigenvalue weighted by Crippen LogP contribution is 2.47. The number of rotatable bonds is 1. The number of hydrogen-bond acceptors (Lipinski definition) is 3. The molecule has 2 N–H and O–H groups in total. The minimum Gasteiger partial charge on any atom is -0.475 e. The van der Waals surface area contributed by atoms with Gasteiger partial charge in [0.2, 0.25) is 0 Å². The van der Waals surface area contributed by atoms with Gasteiger partial charge in [-0.15, -0.1) is 0 Å². The molecular formula is C16H20N2O2. The molecule has 3 aliphatic rings. The summed E-state index contributed by atoms with van der Waals surface area (Å²) in [5.74, 6) is 1.59. The first-order chi connectivity index (χ1) is 9.66. The van der Waals surface area contributed by atoms with Crippen LogP contribution in [-0.4, -0.2) is 18.1 Å². The predicted octanol–water partition coefficient (Wildman–Crippen LogP) is 2.61. The molecule has 1 aliphatic carbocycles. The SMILES string of the molecule is C[C@H]1CCC(c2ccc3c(c2)NC(=O)C2(CC2)O3)NC1. The highest BCUT2D eigenvalue weighted by atomic mass is 16.5. The third-order valence-corrected chi connectivity index (χ3v) is 4.74. The number of ether oxygens (including phenoxy) is 1. The van der Waals surface area contributed by atoms with Crippen molar-refractivity contribution in [1.82, 2.24) is 5.32 Å². The molecule has 0 radical (unpaired) electrons. The second kappa shape index (κ2) is 4.22. The Morgan fingerprint density at radius 1 is 1.30 bits per heavy atom. The molecule has 0 aromatic heterocycles. The highest BCUT2D eigenvalue weighted by Gasteiger charge is 2.55. The van der Waals surface area contributed by atoms with Crippen molar-refractivity contribution in [2.24, 2.45) is 5.92 Å². The number of carbonyl (C=O) groups excluding carboxylic acids is 1. The predicted molar refractivity (Wildman–Crippen MR) is 76.8 cm³/mol. The molecule has 4 rings (SSSR count). The molecule has 1 amide bonds. The van der Waals surface area contributed by atoms with Crippen LogP contribution in [0, 0.1) is 5.92 Å². The van der Waals surface area contributed by atoms with Crippen molar-refractivity contribution in [3.8, 4) is 5.75 Å². The van der Waals surface area contributed by atoms with Crippen LogP contribution < -0.4 is 15.4 Å². The van der Waals surface area contributed by atoms with E-state index in [2.05, 4.69) is 29.7 Å². The van der Waals surface area contributed by atoms with Gasteiger partial charge in [0.1, 0.15) is 5.75 Å². The molecule has 2 aliphatic heterocycles. The van der Waals surface area contributed by atoms with Crippen molar-refractivity contribution in [3.63, 3.8) is 0 Å². The number of fused-ring (bicyclic) bond motifs is 1. The Morgan fingerprint density at radius 3 is 2.85 bits per heavy atom. The van der Waals surface area contributed by atoms with Gasteiger partial charge in [-0.3, -0.25) is 4.79 Å². The maximum Gasteiger partial charge on any atom is 0.268 e. The zero-order valence-corrected chi connectivity index (χ0v) is 11.7. The molecule has 1 saturated heterocycles. The van der Waals surface area contributed by atoms with Gasteiger partial charge in [-0.2, -0.15) is 0 Å². The lowest BCUT2D eigenvalue weighted by Crippen LogP contribution is -2.39. The van der Waals surface area contributed by atoms with Crippen LogP contribution in [0.25, 0.3) is 0 Å². The van der Waals surface area contributed by atoms with Gasteiger partial charge < -0.3 is 15.4 Å². The summed E-state index contributed by atoms with van der Waals surface area (Å²) >= 11 is 0. The van der Waals surface area contributed by atoms with Crippen molar-refractivity contribution in [3.05, 3.63) is 23.8 Å². The number of carbonyl (C=O) groups is 1. The molecule has 2 atom stereocenters. The molecule has 4 nitrogen and oxygen atoms in total. The van der Waals surface area contributed by atoms with E-state index in [0.29, 0.717) is 6.04 Å². The molecule has 106 valence electrons. The molecule has 4 heteroatoms. The Kier molecular flexibility index (Phi) is 2.58. The zero-order chi connectivity index (χ0) is 13.7. The van der Waals surface area contributed by atoms with Crippen LogP contribution in [0.4, 0.5) is 5.69 Å². The summed E-state index contributed by atoms with van der Waals surface area (Å²) in [5.41, 5.74) is 1.52. The van der Waals surface area contributed by atoms with Crippen LogP contribution >= 0.6 is 0 Å². The molecule has 2 fully saturated rings. The average Bonchev–Trinajstić information content (AvgIpc) is 3.21. The Morgan fingerprint density at radius 2 is 2.15 bits per heavy atom. The smallest absolute Gasteiger partial charge is 0.268 e. The van der Waals surface area contributed by atoms with Crippen molar-refractivity contribution in [2.75, 3.05) is 11.9 Å². The van der Waals surface area contributed by atoms with E-state index < -0.39 is 5.60 Å². The summed E-state index contributed by atoms with van der Waals surface area (Å²) in [6, 6.07) is 6.59. The first-order valence-corrected chi connectivity index (χ1v) is 7.54. The monoisotopic (exact) mass is 272 g/mol. The van der Waals surface area contributed by atoms with Gasteiger partial charge in [0, 0.05) is 18.9 Å². The maximum absolute atomic E-state index is 12.0. The molecular weight excluding hydrogens is 252 g/mol. The topological polar surface area (TPSA) is 50.4 Å². The quantitative estimate of drug-likeness (QED) is 0.826. The van der Waals surface area contributed by atoms with E-state index in [0.717, 1.165) is 43.2 Å². The van der Waals surface area contributed by atoms with Crippen molar-refractivity contribution in [2.45, 2.75) is 44.2 Å². The number of hydrogen-bond donors (Lipinski definition) is 2. The summed E-state index contributed by atoms with van der Waals surface area (Å²) in [5, 5.41) is 6.59. The van der Waals surface area contributed by atoms with Crippen molar-refractivity contribution < 1.29 is 9.53 Å². The van der Waals surface area contributed by atoms with E-state index in [4.69, 9.17) is 4.74 Å². The fourth-order valence-corrected chi connectivity index (χ4v) is 3.17. The molecule has 1 aromatic rings. The Hall–Kier alpha value is -1.55. The van der Waals surface area contributed by atoms with Gasteiger partial charge in [-0.05, 0) is 43.0 Å². The molecule has 2 heterocycles. The van der Waals surface area contributed by atoms with Crippen molar-refractivity contribution in [1.29, 1.82) is 0 Å². The first kappa shape index (κ1) is 12.2. The summed E-state index contributed by atoms with van der Waals surface area (Å²) in [6.45, 7) is 3.34. The third-order valence-electron chi connectivity index (χ3n) is 4.74. The van der Waals surface area contributed by atoms with E-state index in [1.54, 1.807) is 0 Å². The van der Waals surface area contributed by atoms with Gasteiger partial charge in [-0.25, -0.2) is 0 Å². The molecule has 20 heavy (non-hydrogen) atoms. The van der Waals surface area contributed by atoms with Crippen LogP contribution in [0.2, 0.25) is 0 Å². The van der Waals surface area contributed by atoms with E-state index in [-0.39, 0.29) is 5.91 Å². The summed E-state index contributed by atoms with van der Waals surface area (Å²) in [4.78, 5) is 12.0. The number of benzene rings is 1. The number of nitrogens with one attached hydrogen (secondary N) is 2. The summed E-state index contributed by atoms with van der Waals surface area (Å²) in [7, 11) is 0. The standard InChI is InChI=1S/C16H20N2O2/c1-10-2-4-12(17-9-10)11-3-5-14-13(8-11)18-15(19)16(20-14)6-7-16/h3,5,8,10,12,17H,2,4,6-7,9H2,1H3,(H,18,19)/t10-,12?/m0/s1. The van der Waals surface area contributed by atoms with E-state index in [9.17, 15) is 4.79 Å². The zero-order valence-electron chi connectivity index (χ0n) is 11.7. The van der Waals surface area contributed by atoms with Crippen LogP contribution in [0.5, 0.6) is 5.75 Å². The minimum absolute atomic E-state index is 0.0207. The molecule has 0 bridgehead atoms. The Labute approximate surface area is 118 Å². The van der Waals surface area contributed by atoms with Crippen LogP contribution in [0.3, 0.4) is 0 Å². The van der Waals surface area contributed by atoms with E-state index in [1.165, 1.54) is 12.0 Å². The molecule has 1 unspecified atom stereocenters. The fraction of sp³-hybridized carbons (Fsp3) is 0.562. The fourth-order valence-electron chi connectivity index (χ4n) is 3.17. The number of amides is 1. The Bertz CT molecular complexity index is 558. The second-order valence-electron chi connectivity index (χ2n) is 6.45. The first-order valence-electron chi connectivity index (χ1n) is 7.54. The molecule has 1 spiro atoms.